The van der Waals surface area contributed by atoms with Crippen LogP contribution in [0.2, 0.25) is 0 Å². The van der Waals surface area contributed by atoms with E-state index in [2.05, 4.69) is 35.8 Å². The fourth-order valence-corrected chi connectivity index (χ4v) is 2.16. The molecule has 0 aromatic carbocycles. The van der Waals surface area contributed by atoms with Crippen molar-refractivity contribution < 1.29 is 4.79 Å². The highest BCUT2D eigenvalue weighted by atomic mass is 16.1. The third-order valence-electron chi connectivity index (χ3n) is 3.81. The van der Waals surface area contributed by atoms with E-state index in [1.165, 1.54) is 0 Å². The average molecular weight is 247 g/mol. The second kappa shape index (κ2) is 4.69. The van der Waals surface area contributed by atoms with Crippen LogP contribution >= 0.6 is 0 Å². The van der Waals surface area contributed by atoms with E-state index in [-0.39, 0.29) is 11.3 Å². The molecule has 1 aromatic rings. The number of likely N-dealkylation sites (N-methyl/N-ethyl adjacent to an activating group) is 1. The first-order valence-electron chi connectivity index (χ1n) is 6.39. The van der Waals surface area contributed by atoms with Crippen LogP contribution in [0.5, 0.6) is 0 Å². The first kappa shape index (κ1) is 13.0. The van der Waals surface area contributed by atoms with Crippen LogP contribution in [-0.4, -0.2) is 48.4 Å². The van der Waals surface area contributed by atoms with E-state index in [9.17, 15) is 4.79 Å². The summed E-state index contributed by atoms with van der Waals surface area (Å²) in [6.07, 6.45) is 0.506. The zero-order valence-corrected chi connectivity index (χ0v) is 11.6. The molecule has 0 aliphatic carbocycles. The highest BCUT2D eigenvalue weighted by molar-refractivity contribution is 5.94. The third kappa shape index (κ3) is 2.25. The molecule has 4 nitrogen and oxygen atoms in total. The molecule has 0 spiro atoms. The van der Waals surface area contributed by atoms with Crippen molar-refractivity contribution >= 4 is 11.6 Å². The smallest absolute Gasteiger partial charge is 0.180 e. The molecule has 1 aromatic heterocycles. The van der Waals surface area contributed by atoms with Crippen LogP contribution in [-0.2, 0) is 0 Å². The topological polar surface area (TPSA) is 36.4 Å². The normalized spacial score (nSPS) is 17.7. The summed E-state index contributed by atoms with van der Waals surface area (Å²) in [5.41, 5.74) is 0.792. The van der Waals surface area contributed by atoms with Gasteiger partial charge in [0.1, 0.15) is 11.5 Å². The maximum Gasteiger partial charge on any atom is 0.180 e. The largest absolute Gasteiger partial charge is 0.353 e. The van der Waals surface area contributed by atoms with Crippen molar-refractivity contribution in [3.05, 3.63) is 23.9 Å². The Bertz CT molecular complexity index is 450. The van der Waals surface area contributed by atoms with Crippen LogP contribution in [0.25, 0.3) is 0 Å². The summed E-state index contributed by atoms with van der Waals surface area (Å²) in [5.74, 6) is 1.02. The van der Waals surface area contributed by atoms with Gasteiger partial charge in [0.25, 0.3) is 0 Å². The summed E-state index contributed by atoms with van der Waals surface area (Å²) in [6, 6.07) is 5.68. The van der Waals surface area contributed by atoms with Gasteiger partial charge in [0.15, 0.2) is 5.78 Å². The second-order valence-corrected chi connectivity index (χ2v) is 5.41. The average Bonchev–Trinajstić information content (AvgIpc) is 2.33. The molecule has 1 fully saturated rings. The molecule has 98 valence electrons. The quantitative estimate of drug-likeness (QED) is 0.760. The standard InChI is InChI=1S/C14H21N3O/c1-5-12(18)11-7-6-8-13(15-11)17-9-14(2,10-17)16(3)4/h6-8H,5,9-10H2,1-4H3. The molecule has 0 amide bonds. The monoisotopic (exact) mass is 247 g/mol. The Morgan fingerprint density at radius 1 is 1.44 bits per heavy atom. The van der Waals surface area contributed by atoms with Crippen LogP contribution in [0.15, 0.2) is 18.2 Å². The van der Waals surface area contributed by atoms with Crippen LogP contribution in [0, 0.1) is 0 Å². The van der Waals surface area contributed by atoms with Crippen molar-refractivity contribution in [3.8, 4) is 0 Å². The number of aromatic nitrogens is 1. The highest BCUT2D eigenvalue weighted by Crippen LogP contribution is 2.29. The zero-order chi connectivity index (χ0) is 13.3. The minimum atomic E-state index is 0.104. The van der Waals surface area contributed by atoms with Crippen LogP contribution in [0.1, 0.15) is 30.8 Å². The lowest BCUT2D eigenvalue weighted by Crippen LogP contribution is -2.67. The Balaban J connectivity index is 2.10. The number of rotatable bonds is 4. The van der Waals surface area contributed by atoms with Gasteiger partial charge in [0.2, 0.25) is 0 Å². The van der Waals surface area contributed by atoms with Crippen LogP contribution in [0.3, 0.4) is 0 Å². The summed E-state index contributed by atoms with van der Waals surface area (Å²) in [6.45, 7) is 6.02. The van der Waals surface area contributed by atoms with E-state index in [4.69, 9.17) is 0 Å². The van der Waals surface area contributed by atoms with E-state index >= 15 is 0 Å². The number of anilines is 1. The summed E-state index contributed by atoms with van der Waals surface area (Å²) >= 11 is 0. The molecule has 0 N–H and O–H groups in total. The molecule has 4 heteroatoms. The number of hydrogen-bond acceptors (Lipinski definition) is 4. The number of hydrogen-bond donors (Lipinski definition) is 0. The van der Waals surface area contributed by atoms with E-state index in [0.29, 0.717) is 12.1 Å². The van der Waals surface area contributed by atoms with E-state index in [0.717, 1.165) is 18.9 Å². The van der Waals surface area contributed by atoms with Crippen molar-refractivity contribution in [2.75, 3.05) is 32.1 Å². The lowest BCUT2D eigenvalue weighted by Gasteiger charge is -2.52. The van der Waals surface area contributed by atoms with Gasteiger partial charge < -0.3 is 9.80 Å². The molecule has 1 aliphatic heterocycles. The Labute approximate surface area is 109 Å². The molecule has 2 rings (SSSR count). The number of Topliss-reactive ketones (excluding diaryl/α,β-unsaturated/α-hetero) is 1. The van der Waals surface area contributed by atoms with Crippen molar-refractivity contribution in [2.24, 2.45) is 0 Å². The predicted octanol–water partition coefficient (Wildman–Crippen LogP) is 1.81. The van der Waals surface area contributed by atoms with Crippen molar-refractivity contribution in [3.63, 3.8) is 0 Å². The SMILES string of the molecule is CCC(=O)c1cccc(N2CC(C)(N(C)C)C2)n1. The summed E-state index contributed by atoms with van der Waals surface area (Å²) in [7, 11) is 4.20. The minimum Gasteiger partial charge on any atom is -0.353 e. The number of ketones is 1. The summed E-state index contributed by atoms with van der Waals surface area (Å²) < 4.78 is 0. The van der Waals surface area contributed by atoms with Crippen molar-refractivity contribution in [2.45, 2.75) is 25.8 Å². The summed E-state index contributed by atoms with van der Waals surface area (Å²) in [4.78, 5) is 20.5. The molecule has 0 unspecified atom stereocenters. The molecular formula is C14H21N3O. The molecule has 0 radical (unpaired) electrons. The van der Waals surface area contributed by atoms with Gasteiger partial charge in [-0.15, -0.1) is 0 Å². The Kier molecular flexibility index (Phi) is 3.39. The van der Waals surface area contributed by atoms with Crippen molar-refractivity contribution in [1.82, 2.24) is 9.88 Å². The first-order chi connectivity index (χ1) is 8.46. The van der Waals surface area contributed by atoms with Gasteiger partial charge in [0, 0.05) is 19.5 Å². The lowest BCUT2D eigenvalue weighted by atomic mass is 9.91. The third-order valence-corrected chi connectivity index (χ3v) is 3.81. The molecule has 18 heavy (non-hydrogen) atoms. The van der Waals surface area contributed by atoms with Gasteiger partial charge in [-0.2, -0.15) is 0 Å². The molecule has 1 aliphatic rings. The Hall–Kier alpha value is -1.42. The maximum atomic E-state index is 11.6. The Morgan fingerprint density at radius 3 is 2.67 bits per heavy atom. The minimum absolute atomic E-state index is 0.104. The van der Waals surface area contributed by atoms with Gasteiger partial charge in [-0.05, 0) is 33.2 Å². The highest BCUT2D eigenvalue weighted by Gasteiger charge is 2.41. The zero-order valence-electron chi connectivity index (χ0n) is 11.6. The molecule has 1 saturated heterocycles. The molecule has 0 bridgehead atoms. The van der Waals surface area contributed by atoms with Crippen LogP contribution in [0.4, 0.5) is 5.82 Å². The van der Waals surface area contributed by atoms with E-state index in [1.54, 1.807) is 6.07 Å². The Morgan fingerprint density at radius 2 is 2.11 bits per heavy atom. The molecule has 0 saturated carbocycles. The molecule has 2 heterocycles. The molecular weight excluding hydrogens is 226 g/mol. The first-order valence-corrected chi connectivity index (χ1v) is 6.39. The van der Waals surface area contributed by atoms with Gasteiger partial charge in [-0.1, -0.05) is 13.0 Å². The number of carbonyl (C=O) groups is 1. The number of pyridine rings is 1. The fourth-order valence-electron chi connectivity index (χ4n) is 2.16. The van der Waals surface area contributed by atoms with Crippen LogP contribution < -0.4 is 4.90 Å². The second-order valence-electron chi connectivity index (χ2n) is 5.41. The van der Waals surface area contributed by atoms with E-state index < -0.39 is 0 Å². The fraction of sp³-hybridized carbons (Fsp3) is 0.571. The number of nitrogens with zero attached hydrogens (tertiary/aromatic N) is 3. The summed E-state index contributed by atoms with van der Waals surface area (Å²) in [5, 5.41) is 0. The predicted molar refractivity (Wildman–Crippen MR) is 73.2 cm³/mol. The molecule has 0 atom stereocenters. The van der Waals surface area contributed by atoms with Crippen molar-refractivity contribution in [1.29, 1.82) is 0 Å². The maximum absolute atomic E-state index is 11.6. The van der Waals surface area contributed by atoms with E-state index in [1.807, 2.05) is 19.1 Å². The lowest BCUT2D eigenvalue weighted by molar-refractivity contribution is 0.0983. The van der Waals surface area contributed by atoms with Gasteiger partial charge in [-0.3, -0.25) is 4.79 Å². The van der Waals surface area contributed by atoms with Gasteiger partial charge in [0.05, 0.1) is 5.54 Å². The van der Waals surface area contributed by atoms with Gasteiger partial charge in [-0.25, -0.2) is 4.98 Å². The number of carbonyl (C=O) groups excluding carboxylic acids is 1. The van der Waals surface area contributed by atoms with Gasteiger partial charge >= 0.3 is 0 Å².